The minimum atomic E-state index is 0.0512. The number of hydrogen-bond donors (Lipinski definition) is 1. The molecule has 1 aromatic carbocycles. The van der Waals surface area contributed by atoms with Gasteiger partial charge in [-0.15, -0.1) is 0 Å². The average Bonchev–Trinajstić information content (AvgIpc) is 2.38. The van der Waals surface area contributed by atoms with Crippen LogP contribution in [0.15, 0.2) is 18.2 Å². The summed E-state index contributed by atoms with van der Waals surface area (Å²) >= 11 is 0. The molecule has 1 aliphatic rings. The van der Waals surface area contributed by atoms with Gasteiger partial charge in [0.2, 0.25) is 5.91 Å². The monoisotopic (exact) mass is 247 g/mol. The number of nitrogens with two attached hydrogens (primary N) is 1. The molecule has 0 atom stereocenters. The van der Waals surface area contributed by atoms with E-state index in [4.69, 9.17) is 5.73 Å². The molecule has 1 fully saturated rings. The standard InChI is InChI=1S/C14H21N3O/c1-11-3-4-13(12(2)9-11)16-5-7-17(8-6-16)14(18)10-15/h3-4,9H,5-8,10,15H2,1-2H3. The van der Waals surface area contributed by atoms with Crippen molar-refractivity contribution in [2.24, 2.45) is 5.73 Å². The molecule has 4 nitrogen and oxygen atoms in total. The third-order valence-electron chi connectivity index (χ3n) is 3.50. The Kier molecular flexibility index (Phi) is 3.87. The molecule has 1 saturated heterocycles. The number of carbonyl (C=O) groups excluding carboxylic acids is 1. The summed E-state index contributed by atoms with van der Waals surface area (Å²) in [4.78, 5) is 15.7. The zero-order valence-electron chi connectivity index (χ0n) is 11.1. The Labute approximate surface area is 108 Å². The summed E-state index contributed by atoms with van der Waals surface area (Å²) in [6.45, 7) is 7.66. The number of rotatable bonds is 2. The molecule has 1 heterocycles. The topological polar surface area (TPSA) is 49.6 Å². The Bertz CT molecular complexity index is 437. The van der Waals surface area contributed by atoms with Crippen LogP contribution >= 0.6 is 0 Å². The molecule has 0 spiro atoms. The summed E-state index contributed by atoms with van der Waals surface area (Å²) in [5.41, 5.74) is 9.25. The molecular formula is C14H21N3O. The summed E-state index contributed by atoms with van der Waals surface area (Å²) in [5, 5.41) is 0. The van der Waals surface area contributed by atoms with Gasteiger partial charge in [-0.3, -0.25) is 4.79 Å². The number of benzene rings is 1. The zero-order chi connectivity index (χ0) is 13.1. The van der Waals surface area contributed by atoms with Gasteiger partial charge in [0.05, 0.1) is 6.54 Å². The van der Waals surface area contributed by atoms with Gasteiger partial charge in [-0.2, -0.15) is 0 Å². The van der Waals surface area contributed by atoms with Crippen LogP contribution in [-0.4, -0.2) is 43.5 Å². The van der Waals surface area contributed by atoms with E-state index >= 15 is 0 Å². The predicted molar refractivity (Wildman–Crippen MR) is 73.8 cm³/mol. The summed E-state index contributed by atoms with van der Waals surface area (Å²) in [6, 6.07) is 6.51. The van der Waals surface area contributed by atoms with E-state index < -0.39 is 0 Å². The summed E-state index contributed by atoms with van der Waals surface area (Å²) in [6.07, 6.45) is 0. The van der Waals surface area contributed by atoms with Crippen LogP contribution in [0.5, 0.6) is 0 Å². The van der Waals surface area contributed by atoms with Crippen LogP contribution in [0.2, 0.25) is 0 Å². The first-order valence-electron chi connectivity index (χ1n) is 6.42. The maximum Gasteiger partial charge on any atom is 0.236 e. The molecular weight excluding hydrogens is 226 g/mol. The fourth-order valence-corrected chi connectivity index (χ4v) is 2.49. The van der Waals surface area contributed by atoms with Crippen molar-refractivity contribution in [1.82, 2.24) is 4.90 Å². The highest BCUT2D eigenvalue weighted by molar-refractivity contribution is 5.78. The van der Waals surface area contributed by atoms with Crippen LogP contribution in [0.25, 0.3) is 0 Å². The van der Waals surface area contributed by atoms with Gasteiger partial charge in [-0.1, -0.05) is 17.7 Å². The minimum Gasteiger partial charge on any atom is -0.368 e. The van der Waals surface area contributed by atoms with E-state index in [9.17, 15) is 4.79 Å². The van der Waals surface area contributed by atoms with Crippen molar-refractivity contribution in [2.75, 3.05) is 37.6 Å². The average molecular weight is 247 g/mol. The second-order valence-electron chi connectivity index (χ2n) is 4.86. The number of aryl methyl sites for hydroxylation is 2. The maximum absolute atomic E-state index is 11.5. The van der Waals surface area contributed by atoms with Gasteiger partial charge in [-0.25, -0.2) is 0 Å². The van der Waals surface area contributed by atoms with Crippen molar-refractivity contribution in [3.05, 3.63) is 29.3 Å². The van der Waals surface area contributed by atoms with Crippen LogP contribution < -0.4 is 10.6 Å². The number of nitrogens with zero attached hydrogens (tertiary/aromatic N) is 2. The van der Waals surface area contributed by atoms with Gasteiger partial charge < -0.3 is 15.5 Å². The molecule has 0 saturated carbocycles. The SMILES string of the molecule is Cc1ccc(N2CCN(C(=O)CN)CC2)c(C)c1. The zero-order valence-corrected chi connectivity index (χ0v) is 11.1. The molecule has 0 aromatic heterocycles. The second-order valence-corrected chi connectivity index (χ2v) is 4.86. The van der Waals surface area contributed by atoms with Crippen LogP contribution in [-0.2, 0) is 4.79 Å². The van der Waals surface area contributed by atoms with E-state index in [0.717, 1.165) is 26.2 Å². The molecule has 0 unspecified atom stereocenters. The van der Waals surface area contributed by atoms with Gasteiger partial charge >= 0.3 is 0 Å². The molecule has 0 aliphatic carbocycles. The Hall–Kier alpha value is -1.55. The predicted octanol–water partition coefficient (Wildman–Crippen LogP) is 0.911. The number of carbonyl (C=O) groups is 1. The minimum absolute atomic E-state index is 0.0512. The number of anilines is 1. The van der Waals surface area contributed by atoms with E-state index in [0.29, 0.717) is 0 Å². The van der Waals surface area contributed by atoms with E-state index in [-0.39, 0.29) is 12.5 Å². The van der Waals surface area contributed by atoms with Gasteiger partial charge in [0.1, 0.15) is 0 Å². The van der Waals surface area contributed by atoms with Gasteiger partial charge in [0.25, 0.3) is 0 Å². The van der Waals surface area contributed by atoms with Crippen LogP contribution in [0, 0.1) is 13.8 Å². The Balaban J connectivity index is 2.03. The van der Waals surface area contributed by atoms with Crippen LogP contribution in [0.1, 0.15) is 11.1 Å². The van der Waals surface area contributed by atoms with E-state index in [1.54, 1.807) is 0 Å². The summed E-state index contributed by atoms with van der Waals surface area (Å²) in [7, 11) is 0. The first-order valence-corrected chi connectivity index (χ1v) is 6.42. The molecule has 0 radical (unpaired) electrons. The van der Waals surface area contributed by atoms with Crippen molar-refractivity contribution in [3.8, 4) is 0 Å². The number of amides is 1. The molecule has 1 amide bonds. The lowest BCUT2D eigenvalue weighted by Crippen LogP contribution is -2.50. The van der Waals surface area contributed by atoms with Gasteiger partial charge in [0.15, 0.2) is 0 Å². The fraction of sp³-hybridized carbons (Fsp3) is 0.500. The highest BCUT2D eigenvalue weighted by atomic mass is 16.2. The lowest BCUT2D eigenvalue weighted by molar-refractivity contribution is -0.129. The molecule has 0 bridgehead atoms. The third-order valence-corrected chi connectivity index (χ3v) is 3.50. The third kappa shape index (κ3) is 2.64. The first kappa shape index (κ1) is 12.9. The first-order chi connectivity index (χ1) is 8.61. The maximum atomic E-state index is 11.5. The molecule has 2 N–H and O–H groups in total. The van der Waals surface area contributed by atoms with Crippen molar-refractivity contribution >= 4 is 11.6 Å². The Morgan fingerprint density at radius 3 is 2.44 bits per heavy atom. The molecule has 18 heavy (non-hydrogen) atoms. The van der Waals surface area contributed by atoms with E-state index in [1.807, 2.05) is 4.90 Å². The van der Waals surface area contributed by atoms with Crippen LogP contribution in [0.3, 0.4) is 0 Å². The van der Waals surface area contributed by atoms with Crippen molar-refractivity contribution in [2.45, 2.75) is 13.8 Å². The number of hydrogen-bond acceptors (Lipinski definition) is 3. The van der Waals surface area contributed by atoms with Gasteiger partial charge in [-0.05, 0) is 25.5 Å². The lowest BCUT2D eigenvalue weighted by Gasteiger charge is -2.36. The van der Waals surface area contributed by atoms with Crippen molar-refractivity contribution < 1.29 is 4.79 Å². The largest absolute Gasteiger partial charge is 0.368 e. The van der Waals surface area contributed by atoms with E-state index in [1.165, 1.54) is 16.8 Å². The normalized spacial score (nSPS) is 15.9. The highest BCUT2D eigenvalue weighted by Crippen LogP contribution is 2.22. The Morgan fingerprint density at radius 1 is 1.22 bits per heavy atom. The summed E-state index contributed by atoms with van der Waals surface area (Å²) < 4.78 is 0. The highest BCUT2D eigenvalue weighted by Gasteiger charge is 2.20. The van der Waals surface area contributed by atoms with Crippen LogP contribution in [0.4, 0.5) is 5.69 Å². The molecule has 2 rings (SSSR count). The molecule has 1 aromatic rings. The smallest absolute Gasteiger partial charge is 0.236 e. The lowest BCUT2D eigenvalue weighted by atomic mass is 10.1. The van der Waals surface area contributed by atoms with Crippen molar-refractivity contribution in [1.29, 1.82) is 0 Å². The Morgan fingerprint density at radius 2 is 1.89 bits per heavy atom. The molecule has 1 aliphatic heterocycles. The second kappa shape index (κ2) is 5.40. The van der Waals surface area contributed by atoms with E-state index in [2.05, 4.69) is 36.9 Å². The molecule has 98 valence electrons. The number of piperazine rings is 1. The van der Waals surface area contributed by atoms with Gasteiger partial charge in [0, 0.05) is 31.9 Å². The summed E-state index contributed by atoms with van der Waals surface area (Å²) in [5.74, 6) is 0.0512. The van der Waals surface area contributed by atoms with Crippen molar-refractivity contribution in [3.63, 3.8) is 0 Å². The fourth-order valence-electron chi connectivity index (χ4n) is 2.49. The quantitative estimate of drug-likeness (QED) is 0.845. The molecule has 4 heteroatoms.